The number of para-hydroxylation sites is 1. The van der Waals surface area contributed by atoms with Crippen molar-refractivity contribution in [2.24, 2.45) is 5.92 Å². The molecule has 0 spiro atoms. The fourth-order valence-corrected chi connectivity index (χ4v) is 2.76. The molecule has 28 heavy (non-hydrogen) atoms. The number of hydrogen-bond donors (Lipinski definition) is 2. The Hall–Kier alpha value is -3.22. The molecule has 0 saturated heterocycles. The first-order chi connectivity index (χ1) is 13.5. The van der Waals surface area contributed by atoms with Gasteiger partial charge in [0.1, 0.15) is 25.0 Å². The Balaban J connectivity index is 1.58. The van der Waals surface area contributed by atoms with E-state index in [9.17, 15) is 9.59 Å². The Morgan fingerprint density at radius 3 is 2.46 bits per heavy atom. The summed E-state index contributed by atoms with van der Waals surface area (Å²) in [6.07, 6.45) is 0. The second-order valence-electron chi connectivity index (χ2n) is 6.74. The number of rotatable bonds is 7. The number of nitrogens with one attached hydrogen (secondary N) is 2. The molecule has 148 valence electrons. The van der Waals surface area contributed by atoms with Crippen LogP contribution in [0.15, 0.2) is 48.5 Å². The summed E-state index contributed by atoms with van der Waals surface area (Å²) in [6.45, 7) is 4.55. The van der Waals surface area contributed by atoms with Gasteiger partial charge >= 0.3 is 0 Å². The summed E-state index contributed by atoms with van der Waals surface area (Å²) in [5.74, 6) is 1.07. The third-order valence-corrected chi connectivity index (χ3v) is 4.19. The predicted octanol–water partition coefficient (Wildman–Crippen LogP) is 2.62. The van der Waals surface area contributed by atoms with Crippen molar-refractivity contribution in [1.29, 1.82) is 0 Å². The minimum atomic E-state index is -0.694. The van der Waals surface area contributed by atoms with Gasteiger partial charge in [-0.3, -0.25) is 9.59 Å². The van der Waals surface area contributed by atoms with Crippen LogP contribution in [0, 0.1) is 5.92 Å². The molecule has 2 aromatic rings. The standard InChI is InChI=1S/C21H24N2O5/c1-14(2)20(23-19(24)13-28-16-6-4-3-5-7-16)21(25)22-15-8-9-17-18(12-15)27-11-10-26-17/h3-9,12,14,20H,10-11,13H2,1-2H3,(H,22,25)(H,23,24)/t20-/m0/s1. The zero-order valence-electron chi connectivity index (χ0n) is 15.9. The van der Waals surface area contributed by atoms with Crippen LogP contribution in [0.3, 0.4) is 0 Å². The van der Waals surface area contributed by atoms with Crippen LogP contribution in [-0.2, 0) is 9.59 Å². The fourth-order valence-electron chi connectivity index (χ4n) is 2.76. The Kier molecular flexibility index (Phi) is 6.37. The molecule has 0 bridgehead atoms. The summed E-state index contributed by atoms with van der Waals surface area (Å²) in [7, 11) is 0. The highest BCUT2D eigenvalue weighted by atomic mass is 16.6. The van der Waals surface area contributed by atoms with Crippen LogP contribution in [0.2, 0.25) is 0 Å². The number of carbonyl (C=O) groups excluding carboxylic acids is 2. The number of carbonyl (C=O) groups is 2. The molecule has 1 heterocycles. The largest absolute Gasteiger partial charge is 0.486 e. The van der Waals surface area contributed by atoms with E-state index in [1.165, 1.54) is 0 Å². The molecule has 3 rings (SSSR count). The number of ether oxygens (including phenoxy) is 3. The van der Waals surface area contributed by atoms with Gasteiger partial charge in [0, 0.05) is 11.8 Å². The lowest BCUT2D eigenvalue weighted by Crippen LogP contribution is -2.48. The summed E-state index contributed by atoms with van der Waals surface area (Å²) >= 11 is 0. The van der Waals surface area contributed by atoms with Crippen LogP contribution in [0.25, 0.3) is 0 Å². The first-order valence-corrected chi connectivity index (χ1v) is 9.20. The summed E-state index contributed by atoms with van der Waals surface area (Å²) in [5.41, 5.74) is 0.578. The molecule has 0 saturated carbocycles. The Morgan fingerprint density at radius 1 is 1.04 bits per heavy atom. The smallest absolute Gasteiger partial charge is 0.258 e. The minimum absolute atomic E-state index is 0.0992. The highest BCUT2D eigenvalue weighted by Crippen LogP contribution is 2.32. The molecule has 2 N–H and O–H groups in total. The molecule has 0 unspecified atom stereocenters. The van der Waals surface area contributed by atoms with Crippen LogP contribution in [0.1, 0.15) is 13.8 Å². The van der Waals surface area contributed by atoms with E-state index >= 15 is 0 Å². The molecule has 0 radical (unpaired) electrons. The minimum Gasteiger partial charge on any atom is -0.486 e. The molecule has 0 aromatic heterocycles. The van der Waals surface area contributed by atoms with E-state index in [1.807, 2.05) is 32.0 Å². The summed E-state index contributed by atoms with van der Waals surface area (Å²) in [4.78, 5) is 24.9. The van der Waals surface area contributed by atoms with Crippen LogP contribution >= 0.6 is 0 Å². The Labute approximate surface area is 164 Å². The SMILES string of the molecule is CC(C)[C@H](NC(=O)COc1ccccc1)C(=O)Nc1ccc2c(c1)OCCO2. The lowest BCUT2D eigenvalue weighted by atomic mass is 10.0. The zero-order chi connectivity index (χ0) is 19.9. The van der Waals surface area contributed by atoms with Gasteiger partial charge in [0.05, 0.1) is 0 Å². The van der Waals surface area contributed by atoms with Crippen molar-refractivity contribution in [2.75, 3.05) is 25.1 Å². The van der Waals surface area contributed by atoms with Gasteiger partial charge in [0.25, 0.3) is 5.91 Å². The molecule has 7 nitrogen and oxygen atoms in total. The topological polar surface area (TPSA) is 85.9 Å². The highest BCUT2D eigenvalue weighted by molar-refractivity contribution is 5.97. The summed E-state index contributed by atoms with van der Waals surface area (Å²) < 4.78 is 16.4. The second kappa shape index (κ2) is 9.12. The van der Waals surface area contributed by atoms with Crippen LogP contribution in [0.5, 0.6) is 17.2 Å². The number of benzene rings is 2. The maximum Gasteiger partial charge on any atom is 0.258 e. The summed E-state index contributed by atoms with van der Waals surface area (Å²) in [5, 5.41) is 5.56. The average Bonchev–Trinajstić information content (AvgIpc) is 2.71. The van der Waals surface area contributed by atoms with Crippen molar-refractivity contribution in [3.8, 4) is 17.2 Å². The van der Waals surface area contributed by atoms with Gasteiger partial charge in [0.2, 0.25) is 5.91 Å². The van der Waals surface area contributed by atoms with E-state index in [4.69, 9.17) is 14.2 Å². The molecular formula is C21H24N2O5. The third-order valence-electron chi connectivity index (χ3n) is 4.19. The molecule has 1 atom stereocenters. The van der Waals surface area contributed by atoms with E-state index in [1.54, 1.807) is 30.3 Å². The average molecular weight is 384 g/mol. The van der Waals surface area contributed by atoms with Crippen molar-refractivity contribution >= 4 is 17.5 Å². The van der Waals surface area contributed by atoms with Gasteiger partial charge in [-0.05, 0) is 30.2 Å². The van der Waals surface area contributed by atoms with Crippen molar-refractivity contribution in [3.05, 3.63) is 48.5 Å². The maximum atomic E-state index is 12.7. The molecule has 7 heteroatoms. The second-order valence-corrected chi connectivity index (χ2v) is 6.74. The van der Waals surface area contributed by atoms with Gasteiger partial charge in [-0.2, -0.15) is 0 Å². The molecule has 2 aromatic carbocycles. The van der Waals surface area contributed by atoms with Gasteiger partial charge in [-0.1, -0.05) is 32.0 Å². The first-order valence-electron chi connectivity index (χ1n) is 9.20. The van der Waals surface area contributed by atoms with Crippen molar-refractivity contribution in [3.63, 3.8) is 0 Å². The van der Waals surface area contributed by atoms with E-state index in [0.29, 0.717) is 36.1 Å². The predicted molar refractivity (Wildman–Crippen MR) is 105 cm³/mol. The molecule has 1 aliphatic rings. The Morgan fingerprint density at radius 2 is 1.75 bits per heavy atom. The normalized spacial score (nSPS) is 13.5. The third kappa shape index (κ3) is 5.16. The van der Waals surface area contributed by atoms with Crippen LogP contribution in [0.4, 0.5) is 5.69 Å². The fraction of sp³-hybridized carbons (Fsp3) is 0.333. The summed E-state index contributed by atoms with van der Waals surface area (Å²) in [6, 6.07) is 13.6. The van der Waals surface area contributed by atoms with E-state index < -0.39 is 6.04 Å². The lowest BCUT2D eigenvalue weighted by molar-refractivity contribution is -0.128. The first kappa shape index (κ1) is 19.5. The van der Waals surface area contributed by atoms with Gasteiger partial charge in [0.15, 0.2) is 18.1 Å². The number of amides is 2. The molecule has 0 fully saturated rings. The number of hydrogen-bond acceptors (Lipinski definition) is 5. The molecule has 0 aliphatic carbocycles. The maximum absolute atomic E-state index is 12.7. The molecule has 1 aliphatic heterocycles. The van der Waals surface area contributed by atoms with Crippen molar-refractivity contribution in [1.82, 2.24) is 5.32 Å². The van der Waals surface area contributed by atoms with Crippen LogP contribution < -0.4 is 24.8 Å². The Bertz CT molecular complexity index is 823. The van der Waals surface area contributed by atoms with E-state index in [2.05, 4.69) is 10.6 Å². The number of fused-ring (bicyclic) bond motifs is 1. The van der Waals surface area contributed by atoms with Gasteiger partial charge in [-0.25, -0.2) is 0 Å². The van der Waals surface area contributed by atoms with Gasteiger partial charge < -0.3 is 24.8 Å². The lowest BCUT2D eigenvalue weighted by Gasteiger charge is -2.23. The quantitative estimate of drug-likeness (QED) is 0.766. The van der Waals surface area contributed by atoms with Crippen LogP contribution in [-0.4, -0.2) is 37.7 Å². The van der Waals surface area contributed by atoms with E-state index in [-0.39, 0.29) is 24.3 Å². The van der Waals surface area contributed by atoms with Crippen molar-refractivity contribution < 1.29 is 23.8 Å². The molecular weight excluding hydrogens is 360 g/mol. The zero-order valence-corrected chi connectivity index (χ0v) is 15.9. The monoisotopic (exact) mass is 384 g/mol. The number of anilines is 1. The highest BCUT2D eigenvalue weighted by Gasteiger charge is 2.25. The van der Waals surface area contributed by atoms with E-state index in [0.717, 1.165) is 0 Å². The van der Waals surface area contributed by atoms with Crippen molar-refractivity contribution in [2.45, 2.75) is 19.9 Å². The molecule has 2 amide bonds. The van der Waals surface area contributed by atoms with Gasteiger partial charge in [-0.15, -0.1) is 0 Å².